The van der Waals surface area contributed by atoms with Crippen LogP contribution in [0.25, 0.3) is 11.3 Å². The van der Waals surface area contributed by atoms with Crippen LogP contribution in [0.2, 0.25) is 0 Å². The van der Waals surface area contributed by atoms with E-state index < -0.39 is 11.5 Å². The Balaban J connectivity index is 1.49. The number of imidazole rings is 1. The maximum atomic E-state index is 13.6. The summed E-state index contributed by atoms with van der Waals surface area (Å²) in [7, 11) is 0. The van der Waals surface area contributed by atoms with Crippen molar-refractivity contribution in [3.8, 4) is 17.0 Å². The molecule has 7 nitrogen and oxygen atoms in total. The standard InChI is InChI=1S/C30H38N4O3/c1-19-15-22(37-29(36)30(3,4)5)16-20(2)23(19)17-24(31)28(35)34-14-10-9-13-26(34)27-32-18-25(33-27)21-11-7-6-8-12-21/h6-8,11-12,15-16,18,24,26H,9-10,13-14,17,31H2,1-5H3,(H,32,33)/t24-,26-/m0/s1. The van der Waals surface area contributed by atoms with Gasteiger partial charge < -0.3 is 20.4 Å². The molecular weight excluding hydrogens is 464 g/mol. The van der Waals surface area contributed by atoms with Gasteiger partial charge in [-0.1, -0.05) is 30.3 Å². The maximum absolute atomic E-state index is 13.6. The molecule has 0 saturated carbocycles. The number of piperidine rings is 1. The van der Waals surface area contributed by atoms with Gasteiger partial charge in [-0.25, -0.2) is 4.98 Å². The predicted molar refractivity (Wildman–Crippen MR) is 145 cm³/mol. The second kappa shape index (κ2) is 10.9. The minimum atomic E-state index is -0.676. The highest BCUT2D eigenvalue weighted by molar-refractivity contribution is 5.83. The van der Waals surface area contributed by atoms with Crippen LogP contribution in [0.5, 0.6) is 5.75 Å². The summed E-state index contributed by atoms with van der Waals surface area (Å²) in [6, 6.07) is 12.9. The first-order valence-corrected chi connectivity index (χ1v) is 13.0. The van der Waals surface area contributed by atoms with Crippen molar-refractivity contribution in [2.45, 2.75) is 72.4 Å². The number of aromatic nitrogens is 2. The number of carbonyl (C=O) groups is 2. The molecule has 0 spiro atoms. The van der Waals surface area contributed by atoms with Crippen LogP contribution in [0.3, 0.4) is 0 Å². The number of amides is 1. The van der Waals surface area contributed by atoms with Gasteiger partial charge in [0.05, 0.1) is 23.2 Å². The molecule has 1 amide bonds. The van der Waals surface area contributed by atoms with Gasteiger partial charge in [-0.2, -0.15) is 0 Å². The first-order chi connectivity index (χ1) is 17.5. The zero-order valence-electron chi connectivity index (χ0n) is 22.5. The number of aromatic amines is 1. The lowest BCUT2D eigenvalue weighted by Gasteiger charge is -2.36. The van der Waals surface area contributed by atoms with Gasteiger partial charge in [0.15, 0.2) is 0 Å². The Morgan fingerprint density at radius 2 is 1.81 bits per heavy atom. The SMILES string of the molecule is Cc1cc(OC(=O)C(C)(C)C)cc(C)c1C[C@H](N)C(=O)N1CCCC[C@H]1c1nc(-c2ccccc2)c[nH]1. The van der Waals surface area contributed by atoms with E-state index in [1.807, 2.05) is 88.2 Å². The molecule has 2 heterocycles. The number of likely N-dealkylation sites (tertiary alicyclic amines) is 1. The van der Waals surface area contributed by atoms with Crippen molar-refractivity contribution < 1.29 is 14.3 Å². The number of aryl methyl sites for hydroxylation is 2. The van der Waals surface area contributed by atoms with Crippen molar-refractivity contribution in [2.75, 3.05) is 6.54 Å². The average molecular weight is 503 g/mol. The topological polar surface area (TPSA) is 101 Å². The van der Waals surface area contributed by atoms with Crippen LogP contribution in [0.1, 0.15) is 68.6 Å². The van der Waals surface area contributed by atoms with E-state index in [9.17, 15) is 9.59 Å². The third-order valence-corrected chi connectivity index (χ3v) is 7.00. The van der Waals surface area contributed by atoms with E-state index in [2.05, 4.69) is 4.98 Å². The monoisotopic (exact) mass is 502 g/mol. The number of hydrogen-bond donors (Lipinski definition) is 2. The largest absolute Gasteiger partial charge is 0.426 e. The van der Waals surface area contributed by atoms with Crippen LogP contribution in [0.4, 0.5) is 0 Å². The van der Waals surface area contributed by atoms with Crippen molar-refractivity contribution in [3.05, 3.63) is 71.2 Å². The number of nitrogens with zero attached hydrogens (tertiary/aromatic N) is 2. The molecule has 3 N–H and O–H groups in total. The molecule has 2 aromatic carbocycles. The summed E-state index contributed by atoms with van der Waals surface area (Å²) in [4.78, 5) is 35.9. The van der Waals surface area contributed by atoms with Crippen molar-refractivity contribution in [3.63, 3.8) is 0 Å². The van der Waals surface area contributed by atoms with Crippen LogP contribution in [-0.4, -0.2) is 39.3 Å². The van der Waals surface area contributed by atoms with Crippen LogP contribution in [0.15, 0.2) is 48.7 Å². The van der Waals surface area contributed by atoms with Gasteiger partial charge >= 0.3 is 5.97 Å². The van der Waals surface area contributed by atoms with Crippen LogP contribution in [0, 0.1) is 19.3 Å². The Morgan fingerprint density at radius 3 is 2.46 bits per heavy atom. The van der Waals surface area contributed by atoms with E-state index in [-0.39, 0.29) is 17.9 Å². The van der Waals surface area contributed by atoms with Crippen LogP contribution < -0.4 is 10.5 Å². The fraction of sp³-hybridized carbons (Fsp3) is 0.433. The van der Waals surface area contributed by atoms with E-state index in [0.717, 1.165) is 53.0 Å². The molecule has 7 heteroatoms. The molecule has 3 aromatic rings. The zero-order chi connectivity index (χ0) is 26.7. The van der Waals surface area contributed by atoms with Crippen LogP contribution in [-0.2, 0) is 16.0 Å². The smallest absolute Gasteiger partial charge is 0.316 e. The lowest BCUT2D eigenvalue weighted by Crippen LogP contribution is -2.48. The number of rotatable bonds is 6. The third kappa shape index (κ3) is 6.10. The fourth-order valence-electron chi connectivity index (χ4n) is 4.86. The molecule has 1 aromatic heterocycles. The van der Waals surface area contributed by atoms with Gasteiger partial charge in [-0.15, -0.1) is 0 Å². The van der Waals surface area contributed by atoms with Gasteiger partial charge in [0.1, 0.15) is 11.6 Å². The number of benzene rings is 2. The molecule has 37 heavy (non-hydrogen) atoms. The lowest BCUT2D eigenvalue weighted by atomic mass is 9.94. The highest BCUT2D eigenvalue weighted by Crippen LogP contribution is 2.32. The number of H-pyrrole nitrogens is 1. The highest BCUT2D eigenvalue weighted by Gasteiger charge is 2.33. The van der Waals surface area contributed by atoms with Gasteiger partial charge in [-0.05, 0) is 89.1 Å². The summed E-state index contributed by atoms with van der Waals surface area (Å²) >= 11 is 0. The van der Waals surface area contributed by atoms with Gasteiger partial charge in [0.2, 0.25) is 5.91 Å². The number of carbonyl (C=O) groups excluding carboxylic acids is 2. The molecular formula is C30H38N4O3. The van der Waals surface area contributed by atoms with E-state index in [0.29, 0.717) is 18.7 Å². The Hall–Kier alpha value is -3.45. The normalized spacial score (nSPS) is 16.9. The number of hydrogen-bond acceptors (Lipinski definition) is 5. The van der Waals surface area contributed by atoms with Gasteiger partial charge in [0.25, 0.3) is 0 Å². The molecule has 196 valence electrons. The Bertz CT molecular complexity index is 1240. The summed E-state index contributed by atoms with van der Waals surface area (Å²) in [5.41, 5.74) is 10.8. The quantitative estimate of drug-likeness (QED) is 0.353. The molecule has 4 rings (SSSR count). The summed E-state index contributed by atoms with van der Waals surface area (Å²) in [6.07, 6.45) is 5.17. The molecule has 0 unspecified atom stereocenters. The number of esters is 1. The zero-order valence-corrected chi connectivity index (χ0v) is 22.5. The minimum absolute atomic E-state index is 0.0654. The molecule has 2 atom stereocenters. The summed E-state index contributed by atoms with van der Waals surface area (Å²) in [6.45, 7) is 10.1. The van der Waals surface area contributed by atoms with E-state index in [1.165, 1.54) is 0 Å². The molecule has 0 radical (unpaired) electrons. The van der Waals surface area contributed by atoms with Crippen LogP contribution >= 0.6 is 0 Å². The second-order valence-electron chi connectivity index (χ2n) is 11.1. The van der Waals surface area contributed by atoms with E-state index in [4.69, 9.17) is 15.5 Å². The third-order valence-electron chi connectivity index (χ3n) is 7.00. The van der Waals surface area contributed by atoms with Gasteiger partial charge in [-0.3, -0.25) is 9.59 Å². The van der Waals surface area contributed by atoms with Crippen molar-refractivity contribution in [1.29, 1.82) is 0 Å². The second-order valence-corrected chi connectivity index (χ2v) is 11.1. The average Bonchev–Trinajstić information content (AvgIpc) is 3.36. The van der Waals surface area contributed by atoms with E-state index >= 15 is 0 Å². The predicted octanol–water partition coefficient (Wildman–Crippen LogP) is 5.27. The molecule has 0 aliphatic carbocycles. The Kier molecular flexibility index (Phi) is 7.83. The molecule has 1 fully saturated rings. The fourth-order valence-corrected chi connectivity index (χ4v) is 4.86. The first-order valence-electron chi connectivity index (χ1n) is 13.0. The number of nitrogens with one attached hydrogen (secondary N) is 1. The van der Waals surface area contributed by atoms with Crippen molar-refractivity contribution in [1.82, 2.24) is 14.9 Å². The van der Waals surface area contributed by atoms with E-state index in [1.54, 1.807) is 0 Å². The molecule has 0 bridgehead atoms. The first kappa shape index (κ1) is 26.6. The lowest BCUT2D eigenvalue weighted by molar-refractivity contribution is -0.143. The van der Waals surface area contributed by atoms with Gasteiger partial charge in [0, 0.05) is 18.3 Å². The minimum Gasteiger partial charge on any atom is -0.426 e. The Morgan fingerprint density at radius 1 is 1.14 bits per heavy atom. The summed E-state index contributed by atoms with van der Waals surface area (Å²) in [5, 5.41) is 0. The van der Waals surface area contributed by atoms with Crippen molar-refractivity contribution >= 4 is 11.9 Å². The molecule has 1 aliphatic rings. The summed E-state index contributed by atoms with van der Waals surface area (Å²) < 4.78 is 5.58. The Labute approximate surface area is 219 Å². The molecule has 1 aliphatic heterocycles. The number of nitrogens with two attached hydrogens (primary N) is 1. The maximum Gasteiger partial charge on any atom is 0.316 e. The highest BCUT2D eigenvalue weighted by atomic mass is 16.5. The molecule has 1 saturated heterocycles. The summed E-state index contributed by atoms with van der Waals surface area (Å²) in [5.74, 6) is 0.970. The van der Waals surface area contributed by atoms with Crippen molar-refractivity contribution in [2.24, 2.45) is 11.1 Å². The number of ether oxygens (including phenoxy) is 1.